The van der Waals surface area contributed by atoms with Gasteiger partial charge in [-0.3, -0.25) is 9.78 Å². The van der Waals surface area contributed by atoms with Gasteiger partial charge in [0.05, 0.1) is 28.4 Å². The minimum absolute atomic E-state index is 0.247. The van der Waals surface area contributed by atoms with E-state index < -0.39 is 5.91 Å². The first-order chi connectivity index (χ1) is 16.0. The van der Waals surface area contributed by atoms with E-state index in [-0.39, 0.29) is 17.6 Å². The zero-order valence-corrected chi connectivity index (χ0v) is 18.5. The number of pyridine rings is 1. The van der Waals surface area contributed by atoms with Crippen molar-refractivity contribution in [2.45, 2.75) is 31.7 Å². The van der Waals surface area contributed by atoms with Crippen LogP contribution in [-0.2, 0) is 0 Å². The molecule has 2 fully saturated rings. The molecule has 4 N–H and O–H groups in total. The molecule has 0 saturated heterocycles. The monoisotopic (exact) mass is 466 g/mol. The van der Waals surface area contributed by atoms with Crippen molar-refractivity contribution >= 4 is 40.1 Å². The van der Waals surface area contributed by atoms with Gasteiger partial charge < -0.3 is 25.8 Å². The number of rotatable bonds is 8. The Bertz CT molecular complexity index is 1240. The summed E-state index contributed by atoms with van der Waals surface area (Å²) in [5.41, 5.74) is 6.98. The highest BCUT2D eigenvalue weighted by atomic mass is 35.5. The number of carbonyl (C=O) groups is 2. The van der Waals surface area contributed by atoms with Crippen LogP contribution in [0.2, 0.25) is 5.02 Å². The van der Waals surface area contributed by atoms with E-state index in [1.165, 1.54) is 0 Å². The maximum absolute atomic E-state index is 12.1. The molecule has 3 amide bonds. The van der Waals surface area contributed by atoms with Crippen LogP contribution in [0.1, 0.15) is 36.0 Å². The number of urea groups is 1. The van der Waals surface area contributed by atoms with Crippen LogP contribution in [0.25, 0.3) is 10.9 Å². The standard InChI is InChI=1S/C24H23ClN4O4/c25-18-9-15(5-6-19(18)29-24(31)28-14-3-4-14)33-21-7-8-27-20-11-22(32-12-13-1-2-13)17(23(26)30)10-16(20)21/h5-11,13-14H,1-4,12H2,(H2,26,30)(H2,28,29,31). The van der Waals surface area contributed by atoms with E-state index in [4.69, 9.17) is 26.8 Å². The Morgan fingerprint density at radius 3 is 2.61 bits per heavy atom. The first kappa shape index (κ1) is 21.3. The van der Waals surface area contributed by atoms with Crippen LogP contribution >= 0.6 is 11.6 Å². The quantitative estimate of drug-likeness (QED) is 0.438. The Labute approximate surface area is 195 Å². The van der Waals surface area contributed by atoms with Crippen LogP contribution < -0.4 is 25.8 Å². The largest absolute Gasteiger partial charge is 0.492 e. The number of anilines is 1. The number of hydrogen-bond donors (Lipinski definition) is 3. The molecule has 0 atom stereocenters. The second-order valence-electron chi connectivity index (χ2n) is 8.41. The predicted molar refractivity (Wildman–Crippen MR) is 125 cm³/mol. The van der Waals surface area contributed by atoms with E-state index in [9.17, 15) is 9.59 Å². The Hall–Kier alpha value is -3.52. The van der Waals surface area contributed by atoms with Crippen molar-refractivity contribution in [1.29, 1.82) is 0 Å². The smallest absolute Gasteiger partial charge is 0.319 e. The van der Waals surface area contributed by atoms with Gasteiger partial charge in [0.15, 0.2) is 0 Å². The molecular formula is C24H23ClN4O4. The van der Waals surface area contributed by atoms with E-state index in [1.54, 1.807) is 42.6 Å². The van der Waals surface area contributed by atoms with Gasteiger partial charge in [0.2, 0.25) is 0 Å². The number of hydrogen-bond acceptors (Lipinski definition) is 5. The number of nitrogens with zero attached hydrogens (tertiary/aromatic N) is 1. The minimum atomic E-state index is -0.583. The third-order valence-electron chi connectivity index (χ3n) is 5.57. The zero-order chi connectivity index (χ0) is 22.9. The third-order valence-corrected chi connectivity index (χ3v) is 5.88. The molecule has 3 aromatic rings. The average molecular weight is 467 g/mol. The van der Waals surface area contributed by atoms with Gasteiger partial charge in [0.25, 0.3) is 5.91 Å². The van der Waals surface area contributed by atoms with Crippen molar-refractivity contribution in [1.82, 2.24) is 10.3 Å². The van der Waals surface area contributed by atoms with Gasteiger partial charge in [-0.1, -0.05) is 11.6 Å². The first-order valence-corrected chi connectivity index (χ1v) is 11.2. The molecule has 0 unspecified atom stereocenters. The molecule has 8 nitrogen and oxygen atoms in total. The van der Waals surface area contributed by atoms with Crippen molar-refractivity contribution < 1.29 is 19.1 Å². The van der Waals surface area contributed by atoms with Crippen molar-refractivity contribution in [3.05, 3.63) is 53.2 Å². The first-order valence-electron chi connectivity index (χ1n) is 10.9. The van der Waals surface area contributed by atoms with Gasteiger partial charge in [0.1, 0.15) is 17.2 Å². The summed E-state index contributed by atoms with van der Waals surface area (Å²) in [6.07, 6.45) is 5.89. The molecule has 0 spiro atoms. The number of aromatic nitrogens is 1. The summed E-state index contributed by atoms with van der Waals surface area (Å²) in [5, 5.41) is 6.54. The summed E-state index contributed by atoms with van der Waals surface area (Å²) >= 11 is 6.35. The van der Waals surface area contributed by atoms with Crippen LogP contribution in [0.5, 0.6) is 17.2 Å². The molecule has 2 aliphatic rings. The highest BCUT2D eigenvalue weighted by Gasteiger charge is 2.24. The summed E-state index contributed by atoms with van der Waals surface area (Å²) in [4.78, 5) is 28.4. The van der Waals surface area contributed by atoms with Gasteiger partial charge in [-0.2, -0.15) is 0 Å². The number of benzene rings is 2. The second kappa shape index (κ2) is 8.78. The molecule has 0 aliphatic heterocycles. The van der Waals surface area contributed by atoms with Crippen LogP contribution in [-0.4, -0.2) is 29.6 Å². The molecule has 170 valence electrons. The third kappa shape index (κ3) is 5.12. The number of primary amides is 1. The average Bonchev–Trinajstić information content (AvgIpc) is 3.70. The number of fused-ring (bicyclic) bond motifs is 1. The summed E-state index contributed by atoms with van der Waals surface area (Å²) in [7, 11) is 0. The molecule has 33 heavy (non-hydrogen) atoms. The maximum Gasteiger partial charge on any atom is 0.319 e. The predicted octanol–water partition coefficient (Wildman–Crippen LogP) is 4.85. The molecule has 0 radical (unpaired) electrons. The van der Waals surface area contributed by atoms with E-state index in [1.807, 2.05) is 0 Å². The number of ether oxygens (including phenoxy) is 2. The molecule has 2 aromatic carbocycles. The van der Waals surface area contributed by atoms with Crippen molar-refractivity contribution in [2.75, 3.05) is 11.9 Å². The molecule has 0 bridgehead atoms. The molecule has 9 heteroatoms. The number of carbonyl (C=O) groups excluding carboxylic acids is 2. The SMILES string of the molecule is NC(=O)c1cc2c(Oc3ccc(NC(=O)NC4CC4)c(Cl)c3)ccnc2cc1OCC1CC1. The lowest BCUT2D eigenvalue weighted by molar-refractivity contribution is 0.0996. The van der Waals surface area contributed by atoms with Gasteiger partial charge in [0, 0.05) is 29.8 Å². The molecule has 2 aliphatic carbocycles. The lowest BCUT2D eigenvalue weighted by Gasteiger charge is -2.14. The lowest BCUT2D eigenvalue weighted by Crippen LogP contribution is -2.30. The summed E-state index contributed by atoms with van der Waals surface area (Å²) < 4.78 is 11.9. The van der Waals surface area contributed by atoms with E-state index >= 15 is 0 Å². The van der Waals surface area contributed by atoms with E-state index in [0.717, 1.165) is 25.7 Å². The minimum Gasteiger partial charge on any atom is -0.492 e. The van der Waals surface area contributed by atoms with Gasteiger partial charge >= 0.3 is 6.03 Å². The number of amides is 3. The summed E-state index contributed by atoms with van der Waals surface area (Å²) in [6, 6.07) is 10.00. The van der Waals surface area contributed by atoms with Crippen LogP contribution in [0.4, 0.5) is 10.5 Å². The van der Waals surface area contributed by atoms with E-state index in [0.29, 0.717) is 51.4 Å². The van der Waals surface area contributed by atoms with Gasteiger partial charge in [-0.05, 0) is 55.9 Å². The van der Waals surface area contributed by atoms with Crippen LogP contribution in [0.15, 0.2) is 42.6 Å². The highest BCUT2D eigenvalue weighted by Crippen LogP contribution is 2.36. The Morgan fingerprint density at radius 1 is 1.09 bits per heavy atom. The maximum atomic E-state index is 12.1. The number of nitrogens with two attached hydrogens (primary N) is 1. The molecule has 1 aromatic heterocycles. The molecule has 1 heterocycles. The lowest BCUT2D eigenvalue weighted by atomic mass is 10.1. The Balaban J connectivity index is 1.38. The van der Waals surface area contributed by atoms with Crippen LogP contribution in [0.3, 0.4) is 0 Å². The molecular weight excluding hydrogens is 444 g/mol. The van der Waals surface area contributed by atoms with Gasteiger partial charge in [-0.15, -0.1) is 0 Å². The Kier molecular flexibility index (Phi) is 5.68. The second-order valence-corrected chi connectivity index (χ2v) is 8.82. The van der Waals surface area contributed by atoms with Crippen molar-refractivity contribution in [3.8, 4) is 17.2 Å². The topological polar surface area (TPSA) is 116 Å². The number of nitrogens with one attached hydrogen (secondary N) is 2. The fourth-order valence-electron chi connectivity index (χ4n) is 3.40. The highest BCUT2D eigenvalue weighted by molar-refractivity contribution is 6.33. The number of halogens is 1. The van der Waals surface area contributed by atoms with Crippen molar-refractivity contribution in [3.63, 3.8) is 0 Å². The van der Waals surface area contributed by atoms with Crippen molar-refractivity contribution in [2.24, 2.45) is 11.7 Å². The molecule has 2 saturated carbocycles. The fourth-order valence-corrected chi connectivity index (χ4v) is 3.62. The van der Waals surface area contributed by atoms with Crippen LogP contribution in [0, 0.1) is 5.92 Å². The molecule has 5 rings (SSSR count). The Morgan fingerprint density at radius 2 is 1.91 bits per heavy atom. The van der Waals surface area contributed by atoms with Gasteiger partial charge in [-0.25, -0.2) is 4.79 Å². The normalized spacial score (nSPS) is 15.2. The van der Waals surface area contributed by atoms with E-state index in [2.05, 4.69) is 15.6 Å². The summed E-state index contributed by atoms with van der Waals surface area (Å²) in [5.74, 6) is 1.33. The zero-order valence-electron chi connectivity index (χ0n) is 17.8. The fraction of sp³-hybridized carbons (Fsp3) is 0.292. The summed E-state index contributed by atoms with van der Waals surface area (Å²) in [6.45, 7) is 0.555.